The molecule has 0 N–H and O–H groups in total. The van der Waals surface area contributed by atoms with Crippen molar-refractivity contribution in [1.29, 1.82) is 0 Å². The fourth-order valence-electron chi connectivity index (χ4n) is 12.4. The van der Waals surface area contributed by atoms with Gasteiger partial charge in [0, 0.05) is 0 Å². The topological polar surface area (TPSA) is 0 Å². The summed E-state index contributed by atoms with van der Waals surface area (Å²) in [5.41, 5.74) is 14.9. The summed E-state index contributed by atoms with van der Waals surface area (Å²) >= 11 is 0. The van der Waals surface area contributed by atoms with Crippen molar-refractivity contribution in [3.63, 3.8) is 0 Å². The molecule has 74 heavy (non-hydrogen) atoms. The first-order valence-corrected chi connectivity index (χ1v) is 25.7. The van der Waals surface area contributed by atoms with Crippen LogP contribution in [0.4, 0.5) is 0 Å². The maximum atomic E-state index is 2.42. The van der Waals surface area contributed by atoms with E-state index in [1.165, 1.54) is 153 Å². The van der Waals surface area contributed by atoms with Gasteiger partial charge in [0.1, 0.15) is 0 Å². The van der Waals surface area contributed by atoms with Gasteiger partial charge in [-0.2, -0.15) is 0 Å². The van der Waals surface area contributed by atoms with Gasteiger partial charge < -0.3 is 0 Å². The summed E-state index contributed by atoms with van der Waals surface area (Å²) in [5.74, 6) is 0. The number of benzene rings is 15. The smallest absolute Gasteiger partial charge is 0.00201 e. The highest BCUT2D eigenvalue weighted by Gasteiger charge is 2.21. The first kappa shape index (κ1) is 42.1. The van der Waals surface area contributed by atoms with Crippen LogP contribution in [0.1, 0.15) is 0 Å². The number of hydrogen-bond acceptors (Lipinski definition) is 0. The predicted octanol–water partition coefficient (Wildman–Crippen LogP) is 20.9. The molecule has 0 fully saturated rings. The van der Waals surface area contributed by atoms with E-state index in [0.29, 0.717) is 0 Å². The van der Waals surface area contributed by atoms with E-state index in [-0.39, 0.29) is 0 Å². The van der Waals surface area contributed by atoms with Gasteiger partial charge in [0.15, 0.2) is 0 Å². The highest BCUT2D eigenvalue weighted by atomic mass is 14.2. The van der Waals surface area contributed by atoms with E-state index in [1.807, 2.05) is 0 Å². The summed E-state index contributed by atoms with van der Waals surface area (Å²) in [6.45, 7) is 0. The molecule has 15 aromatic carbocycles. The third-order valence-electron chi connectivity index (χ3n) is 15.8. The highest BCUT2D eigenvalue weighted by Crippen LogP contribution is 2.48. The lowest BCUT2D eigenvalue weighted by molar-refractivity contribution is 1.63. The lowest BCUT2D eigenvalue weighted by Gasteiger charge is -2.19. The summed E-state index contributed by atoms with van der Waals surface area (Å²) in [4.78, 5) is 0. The summed E-state index contributed by atoms with van der Waals surface area (Å²) in [6.07, 6.45) is 0. The van der Waals surface area contributed by atoms with Gasteiger partial charge in [0.25, 0.3) is 0 Å². The Hall–Kier alpha value is -9.62. The normalized spacial score (nSPS) is 11.8. The lowest BCUT2D eigenvalue weighted by atomic mass is 9.84. The zero-order chi connectivity index (χ0) is 48.7. The summed E-state index contributed by atoms with van der Waals surface area (Å²) in [6, 6.07) is 104. The maximum absolute atomic E-state index is 2.42. The van der Waals surface area contributed by atoms with Crippen molar-refractivity contribution in [3.8, 4) is 66.8 Å². The Kier molecular flexibility index (Phi) is 9.68. The van der Waals surface area contributed by atoms with Crippen molar-refractivity contribution in [3.05, 3.63) is 279 Å². The molecule has 0 aromatic heterocycles. The zero-order valence-corrected chi connectivity index (χ0v) is 40.6. The molecular weight excluding hydrogens is 889 g/mol. The Morgan fingerprint density at radius 1 is 0.135 bits per heavy atom. The standard InChI is InChI=1S/C74H46/c1-2-18-53-44-56(43-34-47(53)16-1)72-62-25-7-11-29-66(62)74(67-30-12-8-26-63(67)72)68-33-15-21-50-38-42-55(46-70(50)68)54-41-37-49-20-13-31-58(69(49)45-54)51-35-39-52(40-36-51)71-60-23-5-9-27-64(60)73(65-28-10-6-24-61(65)71)59-32-14-19-48-17-3-4-22-57(48)59/h1-46H. The van der Waals surface area contributed by atoms with Gasteiger partial charge >= 0.3 is 0 Å². The summed E-state index contributed by atoms with van der Waals surface area (Å²) < 4.78 is 0. The molecule has 342 valence electrons. The van der Waals surface area contributed by atoms with Gasteiger partial charge in [-0.15, -0.1) is 0 Å². The van der Waals surface area contributed by atoms with Crippen LogP contribution >= 0.6 is 0 Å². The summed E-state index contributed by atoms with van der Waals surface area (Å²) in [5, 5.41) is 20.0. The monoisotopic (exact) mass is 934 g/mol. The molecule has 0 aliphatic rings. The highest BCUT2D eigenvalue weighted by molar-refractivity contribution is 6.25. The maximum Gasteiger partial charge on any atom is -0.00201 e. The summed E-state index contributed by atoms with van der Waals surface area (Å²) in [7, 11) is 0. The number of hydrogen-bond donors (Lipinski definition) is 0. The van der Waals surface area contributed by atoms with Crippen molar-refractivity contribution in [1.82, 2.24) is 0 Å². The Bertz CT molecular complexity index is 4650. The van der Waals surface area contributed by atoms with Crippen molar-refractivity contribution in [2.45, 2.75) is 0 Å². The molecule has 0 heterocycles. The van der Waals surface area contributed by atoms with Crippen molar-refractivity contribution < 1.29 is 0 Å². The second-order valence-electron chi connectivity index (χ2n) is 19.8. The molecule has 0 atom stereocenters. The molecule has 15 rings (SSSR count). The first-order valence-electron chi connectivity index (χ1n) is 25.7. The predicted molar refractivity (Wildman–Crippen MR) is 319 cm³/mol. The molecule has 0 aliphatic carbocycles. The van der Waals surface area contributed by atoms with Gasteiger partial charge in [-0.1, -0.05) is 261 Å². The van der Waals surface area contributed by atoms with Gasteiger partial charge in [-0.05, 0) is 171 Å². The third-order valence-corrected chi connectivity index (χ3v) is 15.8. The molecule has 0 bridgehead atoms. The van der Waals surface area contributed by atoms with Crippen LogP contribution in [-0.2, 0) is 0 Å². The van der Waals surface area contributed by atoms with Crippen molar-refractivity contribution >= 4 is 86.2 Å². The van der Waals surface area contributed by atoms with Crippen LogP contribution in [0.15, 0.2) is 279 Å². The van der Waals surface area contributed by atoms with Gasteiger partial charge in [0.05, 0.1) is 0 Å². The van der Waals surface area contributed by atoms with E-state index < -0.39 is 0 Å². The van der Waals surface area contributed by atoms with E-state index in [9.17, 15) is 0 Å². The second-order valence-corrected chi connectivity index (χ2v) is 19.8. The Morgan fingerprint density at radius 3 is 0.959 bits per heavy atom. The SMILES string of the molecule is c1ccc2cc(-c3c4ccccc4c(-c4cccc5ccc(-c6ccc7cccc(-c8ccc(-c9c%10ccccc%10c(-c%10cccc%11ccccc%10%11)c%10ccccc9%10)cc8)c7c6)cc45)c4ccccc34)ccc2c1. The minimum absolute atomic E-state index is 1.20. The molecular formula is C74H46. The van der Waals surface area contributed by atoms with Crippen LogP contribution in [0.2, 0.25) is 0 Å². The van der Waals surface area contributed by atoms with Crippen LogP contribution < -0.4 is 0 Å². The van der Waals surface area contributed by atoms with Crippen LogP contribution in [0.3, 0.4) is 0 Å². The minimum atomic E-state index is 1.20. The van der Waals surface area contributed by atoms with Gasteiger partial charge in [-0.3, -0.25) is 0 Å². The molecule has 0 unspecified atom stereocenters. The van der Waals surface area contributed by atoms with Crippen LogP contribution in [0.25, 0.3) is 153 Å². The minimum Gasteiger partial charge on any atom is -0.0616 e. The van der Waals surface area contributed by atoms with Crippen molar-refractivity contribution in [2.24, 2.45) is 0 Å². The van der Waals surface area contributed by atoms with E-state index in [4.69, 9.17) is 0 Å². The van der Waals surface area contributed by atoms with Crippen LogP contribution in [-0.4, -0.2) is 0 Å². The van der Waals surface area contributed by atoms with Crippen molar-refractivity contribution in [2.75, 3.05) is 0 Å². The average Bonchev–Trinajstić information content (AvgIpc) is 3.48. The quantitative estimate of drug-likeness (QED) is 0.146. The van der Waals surface area contributed by atoms with E-state index in [0.717, 1.165) is 0 Å². The number of fused-ring (bicyclic) bond motifs is 8. The molecule has 0 saturated carbocycles. The van der Waals surface area contributed by atoms with Gasteiger partial charge in [-0.25, -0.2) is 0 Å². The van der Waals surface area contributed by atoms with E-state index in [1.54, 1.807) is 0 Å². The molecule has 0 saturated heterocycles. The molecule has 0 amide bonds. The molecule has 0 radical (unpaired) electrons. The Morgan fingerprint density at radius 2 is 0.446 bits per heavy atom. The first-order chi connectivity index (χ1) is 36.7. The Balaban J connectivity index is 0.846. The fourth-order valence-corrected chi connectivity index (χ4v) is 12.4. The zero-order valence-electron chi connectivity index (χ0n) is 40.6. The third kappa shape index (κ3) is 6.69. The lowest BCUT2D eigenvalue weighted by Crippen LogP contribution is -1.92. The molecule has 0 nitrogen and oxygen atoms in total. The van der Waals surface area contributed by atoms with Crippen LogP contribution in [0, 0.1) is 0 Å². The second kappa shape index (κ2) is 17.0. The average molecular weight is 935 g/mol. The molecule has 0 spiro atoms. The van der Waals surface area contributed by atoms with E-state index >= 15 is 0 Å². The number of rotatable bonds is 6. The fraction of sp³-hybridized carbons (Fsp3) is 0. The largest absolute Gasteiger partial charge is 0.0616 e. The molecule has 0 heteroatoms. The van der Waals surface area contributed by atoms with Gasteiger partial charge in [0.2, 0.25) is 0 Å². The molecule has 0 aliphatic heterocycles. The Labute approximate surface area is 429 Å². The van der Waals surface area contributed by atoms with E-state index in [2.05, 4.69) is 279 Å². The molecule has 15 aromatic rings. The van der Waals surface area contributed by atoms with Crippen LogP contribution in [0.5, 0.6) is 0 Å².